The van der Waals surface area contributed by atoms with E-state index in [0.29, 0.717) is 18.9 Å². The summed E-state index contributed by atoms with van der Waals surface area (Å²) >= 11 is 0. The first-order valence-corrected chi connectivity index (χ1v) is 5.79. The molecule has 1 amide bonds. The van der Waals surface area contributed by atoms with Gasteiger partial charge >= 0.3 is 0 Å². The summed E-state index contributed by atoms with van der Waals surface area (Å²) in [6, 6.07) is 0. The summed E-state index contributed by atoms with van der Waals surface area (Å²) in [6.45, 7) is 2.54. The summed E-state index contributed by atoms with van der Waals surface area (Å²) in [5.41, 5.74) is 0. The van der Waals surface area contributed by atoms with Crippen LogP contribution in [0.25, 0.3) is 0 Å². The molecule has 1 aliphatic heterocycles. The average molecular weight is 230 g/mol. The number of carbonyl (C=O) groups is 1. The first kappa shape index (κ1) is 13.4. The Balaban J connectivity index is 2.05. The maximum absolute atomic E-state index is 11.5. The third-order valence-corrected chi connectivity index (χ3v) is 2.93. The SMILES string of the molecule is COC(CNC(=O)CCC1CCNC1)OC. The Kier molecular flexibility index (Phi) is 6.37. The zero-order valence-corrected chi connectivity index (χ0v) is 10.1. The van der Waals surface area contributed by atoms with Crippen LogP contribution in [0.4, 0.5) is 0 Å². The molecule has 0 aromatic carbocycles. The molecule has 5 heteroatoms. The molecule has 1 aliphatic rings. The van der Waals surface area contributed by atoms with Crippen molar-refractivity contribution in [3.63, 3.8) is 0 Å². The summed E-state index contributed by atoms with van der Waals surface area (Å²) in [5, 5.41) is 6.09. The highest BCUT2D eigenvalue weighted by Gasteiger charge is 2.16. The van der Waals surface area contributed by atoms with Crippen molar-refractivity contribution in [1.29, 1.82) is 0 Å². The van der Waals surface area contributed by atoms with E-state index in [1.165, 1.54) is 6.42 Å². The van der Waals surface area contributed by atoms with Crippen molar-refractivity contribution >= 4 is 5.91 Å². The summed E-state index contributed by atoms with van der Waals surface area (Å²) in [4.78, 5) is 11.5. The number of rotatable bonds is 7. The number of ether oxygens (including phenoxy) is 2. The van der Waals surface area contributed by atoms with E-state index in [0.717, 1.165) is 19.5 Å². The van der Waals surface area contributed by atoms with Crippen molar-refractivity contribution < 1.29 is 14.3 Å². The number of nitrogens with one attached hydrogen (secondary N) is 2. The van der Waals surface area contributed by atoms with Gasteiger partial charge in [0.15, 0.2) is 6.29 Å². The van der Waals surface area contributed by atoms with Crippen LogP contribution in [0.3, 0.4) is 0 Å². The van der Waals surface area contributed by atoms with Gasteiger partial charge in [-0.25, -0.2) is 0 Å². The Hall–Kier alpha value is -0.650. The van der Waals surface area contributed by atoms with Crippen LogP contribution in [0.1, 0.15) is 19.3 Å². The number of methoxy groups -OCH3 is 2. The quantitative estimate of drug-likeness (QED) is 0.610. The Bertz CT molecular complexity index is 193. The molecular formula is C11H22N2O3. The molecule has 94 valence electrons. The second kappa shape index (κ2) is 7.60. The van der Waals surface area contributed by atoms with Gasteiger partial charge in [-0.2, -0.15) is 0 Å². The highest BCUT2D eigenvalue weighted by Crippen LogP contribution is 2.13. The molecule has 1 atom stereocenters. The van der Waals surface area contributed by atoms with E-state index in [4.69, 9.17) is 9.47 Å². The number of hydrogen-bond acceptors (Lipinski definition) is 4. The average Bonchev–Trinajstić information content (AvgIpc) is 2.80. The van der Waals surface area contributed by atoms with Gasteiger partial charge in [0, 0.05) is 20.6 Å². The molecule has 2 N–H and O–H groups in total. The van der Waals surface area contributed by atoms with E-state index in [1.54, 1.807) is 14.2 Å². The lowest BCUT2D eigenvalue weighted by atomic mass is 10.0. The molecule has 0 aliphatic carbocycles. The first-order chi connectivity index (χ1) is 7.76. The van der Waals surface area contributed by atoms with Crippen molar-refractivity contribution in [2.24, 2.45) is 5.92 Å². The number of carbonyl (C=O) groups excluding carboxylic acids is 1. The van der Waals surface area contributed by atoms with Gasteiger partial charge in [-0.1, -0.05) is 0 Å². The molecule has 1 saturated heterocycles. The highest BCUT2D eigenvalue weighted by molar-refractivity contribution is 5.75. The van der Waals surface area contributed by atoms with E-state index in [2.05, 4.69) is 10.6 Å². The maximum atomic E-state index is 11.5. The lowest BCUT2D eigenvalue weighted by molar-refractivity contribution is -0.127. The Morgan fingerprint density at radius 2 is 2.25 bits per heavy atom. The van der Waals surface area contributed by atoms with E-state index in [-0.39, 0.29) is 12.2 Å². The third kappa shape index (κ3) is 4.92. The molecule has 0 radical (unpaired) electrons. The zero-order chi connectivity index (χ0) is 11.8. The van der Waals surface area contributed by atoms with Crippen LogP contribution >= 0.6 is 0 Å². The van der Waals surface area contributed by atoms with Crippen LogP contribution in [-0.2, 0) is 14.3 Å². The topological polar surface area (TPSA) is 59.6 Å². The van der Waals surface area contributed by atoms with Crippen LogP contribution in [-0.4, -0.2) is 46.1 Å². The molecule has 0 aromatic rings. The van der Waals surface area contributed by atoms with Crippen LogP contribution in [0.15, 0.2) is 0 Å². The van der Waals surface area contributed by atoms with Gasteiger partial charge in [0.05, 0.1) is 6.54 Å². The van der Waals surface area contributed by atoms with Gasteiger partial charge in [0.1, 0.15) is 0 Å². The first-order valence-electron chi connectivity index (χ1n) is 5.79. The lowest BCUT2D eigenvalue weighted by Gasteiger charge is -2.14. The fourth-order valence-electron chi connectivity index (χ4n) is 1.84. The minimum Gasteiger partial charge on any atom is -0.354 e. The minimum atomic E-state index is -0.350. The summed E-state index contributed by atoms with van der Waals surface area (Å²) < 4.78 is 9.96. The van der Waals surface area contributed by atoms with Gasteiger partial charge in [0.2, 0.25) is 5.91 Å². The normalized spacial score (nSPS) is 20.3. The van der Waals surface area contributed by atoms with E-state index < -0.39 is 0 Å². The van der Waals surface area contributed by atoms with Crippen molar-refractivity contribution in [3.05, 3.63) is 0 Å². The van der Waals surface area contributed by atoms with Crippen LogP contribution in [0.2, 0.25) is 0 Å². The monoisotopic (exact) mass is 230 g/mol. The summed E-state index contributed by atoms with van der Waals surface area (Å²) in [7, 11) is 3.12. The predicted octanol–water partition coefficient (Wildman–Crippen LogP) is 0.111. The van der Waals surface area contributed by atoms with E-state index >= 15 is 0 Å². The van der Waals surface area contributed by atoms with Crippen molar-refractivity contribution in [3.8, 4) is 0 Å². The van der Waals surface area contributed by atoms with Crippen LogP contribution in [0.5, 0.6) is 0 Å². The smallest absolute Gasteiger partial charge is 0.220 e. The highest BCUT2D eigenvalue weighted by atomic mass is 16.7. The van der Waals surface area contributed by atoms with Gasteiger partial charge in [-0.3, -0.25) is 4.79 Å². The van der Waals surface area contributed by atoms with E-state index in [9.17, 15) is 4.79 Å². The van der Waals surface area contributed by atoms with Crippen LogP contribution in [0, 0.1) is 5.92 Å². The molecular weight excluding hydrogens is 208 g/mol. The van der Waals surface area contributed by atoms with E-state index in [1.807, 2.05) is 0 Å². The van der Waals surface area contributed by atoms with Gasteiger partial charge in [-0.05, 0) is 31.8 Å². The predicted molar refractivity (Wildman–Crippen MR) is 61.0 cm³/mol. The fraction of sp³-hybridized carbons (Fsp3) is 0.909. The van der Waals surface area contributed by atoms with Gasteiger partial charge in [-0.15, -0.1) is 0 Å². The molecule has 0 spiro atoms. The van der Waals surface area contributed by atoms with Crippen molar-refractivity contribution in [1.82, 2.24) is 10.6 Å². The Morgan fingerprint density at radius 3 is 2.81 bits per heavy atom. The van der Waals surface area contributed by atoms with Gasteiger partial charge in [0.25, 0.3) is 0 Å². The molecule has 1 rings (SSSR count). The Morgan fingerprint density at radius 1 is 1.50 bits per heavy atom. The lowest BCUT2D eigenvalue weighted by Crippen LogP contribution is -2.34. The largest absolute Gasteiger partial charge is 0.354 e. The van der Waals surface area contributed by atoms with Crippen molar-refractivity contribution in [2.45, 2.75) is 25.6 Å². The molecule has 0 bridgehead atoms. The second-order valence-electron chi connectivity index (χ2n) is 4.10. The second-order valence-corrected chi connectivity index (χ2v) is 4.10. The van der Waals surface area contributed by atoms with Crippen LogP contribution < -0.4 is 10.6 Å². The molecule has 0 aromatic heterocycles. The van der Waals surface area contributed by atoms with Gasteiger partial charge < -0.3 is 20.1 Å². The Labute approximate surface area is 96.9 Å². The molecule has 5 nitrogen and oxygen atoms in total. The molecule has 0 saturated carbocycles. The molecule has 1 unspecified atom stereocenters. The minimum absolute atomic E-state index is 0.0750. The van der Waals surface area contributed by atoms with Crippen molar-refractivity contribution in [2.75, 3.05) is 33.9 Å². The maximum Gasteiger partial charge on any atom is 0.220 e. The molecule has 1 fully saturated rings. The molecule has 1 heterocycles. The fourth-order valence-corrected chi connectivity index (χ4v) is 1.84. The number of hydrogen-bond donors (Lipinski definition) is 2. The number of amides is 1. The summed E-state index contributed by atoms with van der Waals surface area (Å²) in [5.74, 6) is 0.734. The standard InChI is InChI=1S/C11H22N2O3/c1-15-11(16-2)8-13-10(14)4-3-9-5-6-12-7-9/h9,11-12H,3-8H2,1-2H3,(H,13,14). The summed E-state index contributed by atoms with van der Waals surface area (Å²) in [6.07, 6.45) is 2.39. The molecule has 16 heavy (non-hydrogen) atoms. The zero-order valence-electron chi connectivity index (χ0n) is 10.1. The third-order valence-electron chi connectivity index (χ3n) is 2.93.